The van der Waals surface area contributed by atoms with Crippen molar-refractivity contribution < 1.29 is 23.8 Å². The lowest BCUT2D eigenvalue weighted by molar-refractivity contribution is -0.133. The molecule has 0 saturated heterocycles. The number of benzene rings is 3. The van der Waals surface area contributed by atoms with Crippen molar-refractivity contribution in [1.29, 1.82) is 0 Å². The van der Waals surface area contributed by atoms with Crippen LogP contribution in [-0.4, -0.2) is 40.0 Å². The number of fused-ring (bicyclic) bond motifs is 1. The van der Waals surface area contributed by atoms with E-state index in [1.54, 1.807) is 24.5 Å². The van der Waals surface area contributed by atoms with Gasteiger partial charge in [0.05, 0.1) is 23.9 Å². The van der Waals surface area contributed by atoms with Gasteiger partial charge in [-0.3, -0.25) is 9.59 Å². The van der Waals surface area contributed by atoms with Crippen molar-refractivity contribution in [3.05, 3.63) is 112 Å². The molecule has 206 valence electrons. The number of aryl methyl sites for hydroxylation is 3. The molecule has 0 spiro atoms. The number of nitrogens with two attached hydrogens (primary N) is 1. The van der Waals surface area contributed by atoms with Gasteiger partial charge in [0.25, 0.3) is 5.91 Å². The number of oxazole rings is 1. The summed E-state index contributed by atoms with van der Waals surface area (Å²) in [6, 6.07) is 16.6. The van der Waals surface area contributed by atoms with Gasteiger partial charge in [0.1, 0.15) is 17.8 Å². The Morgan fingerprint density at radius 3 is 2.67 bits per heavy atom. The Morgan fingerprint density at radius 2 is 1.95 bits per heavy atom. The number of carbonyl (C=O) groups is 2. The molecule has 5 rings (SSSR count). The van der Waals surface area contributed by atoms with Crippen molar-refractivity contribution in [3.8, 4) is 11.5 Å². The lowest BCUT2D eigenvalue weighted by atomic mass is 9.84. The summed E-state index contributed by atoms with van der Waals surface area (Å²) in [4.78, 5) is 32.1. The minimum atomic E-state index is -0.565. The van der Waals surface area contributed by atoms with Crippen LogP contribution in [0.15, 0.2) is 71.7 Å². The molecule has 0 saturated carbocycles. The Labute approximate surface area is 233 Å². The van der Waals surface area contributed by atoms with Gasteiger partial charge in [-0.05, 0) is 72.4 Å². The van der Waals surface area contributed by atoms with Crippen LogP contribution in [0, 0.1) is 13.8 Å². The molecule has 1 unspecified atom stereocenters. The van der Waals surface area contributed by atoms with Gasteiger partial charge in [0, 0.05) is 25.8 Å². The molecule has 0 aliphatic carbocycles. The van der Waals surface area contributed by atoms with Gasteiger partial charge < -0.3 is 24.9 Å². The molecule has 0 radical (unpaired) electrons. The molecule has 1 atom stereocenters. The second-order valence-corrected chi connectivity index (χ2v) is 10.3. The summed E-state index contributed by atoms with van der Waals surface area (Å²) in [7, 11) is 0. The fourth-order valence-electron chi connectivity index (χ4n) is 5.43. The molecule has 0 bridgehead atoms. The number of carbonyl (C=O) groups excluding carboxylic acids is 2. The van der Waals surface area contributed by atoms with Gasteiger partial charge in [0.15, 0.2) is 6.39 Å². The number of aromatic hydroxyl groups is 1. The van der Waals surface area contributed by atoms with Crippen LogP contribution in [-0.2, 0) is 24.1 Å². The maximum absolute atomic E-state index is 13.6. The van der Waals surface area contributed by atoms with Gasteiger partial charge in [-0.25, -0.2) is 4.98 Å². The van der Waals surface area contributed by atoms with E-state index in [0.29, 0.717) is 43.5 Å². The van der Waals surface area contributed by atoms with E-state index in [0.717, 1.165) is 39.1 Å². The fraction of sp³-hybridized carbons (Fsp3) is 0.281. The zero-order chi connectivity index (χ0) is 28.2. The number of nitrogens with zero attached hydrogens (tertiary/aromatic N) is 2. The van der Waals surface area contributed by atoms with Gasteiger partial charge in [0.2, 0.25) is 5.91 Å². The molecule has 1 aliphatic heterocycles. The van der Waals surface area contributed by atoms with Crippen LogP contribution in [0.1, 0.15) is 61.9 Å². The quantitative estimate of drug-likeness (QED) is 0.315. The highest BCUT2D eigenvalue weighted by Crippen LogP contribution is 2.40. The minimum absolute atomic E-state index is 0.0176. The van der Waals surface area contributed by atoms with Crippen LogP contribution in [0.25, 0.3) is 0 Å². The number of aromatic nitrogens is 1. The Hall–Kier alpha value is -4.59. The third-order valence-electron chi connectivity index (χ3n) is 7.41. The smallest absolute Gasteiger partial charge is 0.252 e. The van der Waals surface area contributed by atoms with Gasteiger partial charge in [-0.2, -0.15) is 0 Å². The lowest BCUT2D eigenvalue weighted by Crippen LogP contribution is -2.41. The first-order chi connectivity index (χ1) is 19.3. The van der Waals surface area contributed by atoms with E-state index in [2.05, 4.69) is 30.1 Å². The summed E-state index contributed by atoms with van der Waals surface area (Å²) < 4.78 is 11.2. The Kier molecular flexibility index (Phi) is 7.86. The maximum atomic E-state index is 13.6. The highest BCUT2D eigenvalue weighted by atomic mass is 16.5. The number of hydrogen-bond donors (Lipinski definition) is 2. The maximum Gasteiger partial charge on any atom is 0.252 e. The van der Waals surface area contributed by atoms with Gasteiger partial charge >= 0.3 is 0 Å². The second kappa shape index (κ2) is 11.7. The van der Waals surface area contributed by atoms with E-state index >= 15 is 0 Å². The number of phenolic OH excluding ortho intramolecular Hbond substituents is 1. The predicted molar refractivity (Wildman–Crippen MR) is 150 cm³/mol. The average molecular weight is 540 g/mol. The first-order valence-electron chi connectivity index (χ1n) is 13.4. The van der Waals surface area contributed by atoms with Crippen LogP contribution in [0.5, 0.6) is 11.5 Å². The molecule has 2 heterocycles. The molecule has 3 N–H and O–H groups in total. The summed E-state index contributed by atoms with van der Waals surface area (Å²) in [5.41, 5.74) is 12.9. The Balaban J connectivity index is 1.50. The molecule has 1 aliphatic rings. The Bertz CT molecular complexity index is 1530. The molecular weight excluding hydrogens is 506 g/mol. The van der Waals surface area contributed by atoms with E-state index in [9.17, 15) is 14.7 Å². The van der Waals surface area contributed by atoms with E-state index in [1.807, 2.05) is 30.0 Å². The molecule has 8 nitrogen and oxygen atoms in total. The van der Waals surface area contributed by atoms with E-state index in [-0.39, 0.29) is 24.3 Å². The van der Waals surface area contributed by atoms with Crippen LogP contribution < -0.4 is 10.5 Å². The topological polar surface area (TPSA) is 119 Å². The van der Waals surface area contributed by atoms with Crippen molar-refractivity contribution in [1.82, 2.24) is 9.88 Å². The molecule has 2 amide bonds. The van der Waals surface area contributed by atoms with Gasteiger partial charge in [-0.15, -0.1) is 0 Å². The van der Waals surface area contributed by atoms with Crippen molar-refractivity contribution in [2.45, 2.75) is 45.6 Å². The largest absolute Gasteiger partial charge is 0.508 e. The summed E-state index contributed by atoms with van der Waals surface area (Å²) in [6.45, 7) is 4.90. The molecule has 4 aromatic rings. The van der Waals surface area contributed by atoms with Crippen molar-refractivity contribution in [2.24, 2.45) is 5.73 Å². The molecule has 3 aromatic carbocycles. The summed E-state index contributed by atoms with van der Waals surface area (Å²) in [5.74, 6) is 0.0279. The average Bonchev–Trinajstić information content (AvgIpc) is 3.45. The molecule has 0 fully saturated rings. The van der Waals surface area contributed by atoms with E-state index in [4.69, 9.17) is 14.9 Å². The van der Waals surface area contributed by atoms with Gasteiger partial charge in [-0.1, -0.05) is 35.9 Å². The lowest BCUT2D eigenvalue weighted by Gasteiger charge is -2.39. The number of primary amides is 1. The third-order valence-corrected chi connectivity index (χ3v) is 7.41. The number of ether oxygens (including phenoxy) is 1. The third kappa shape index (κ3) is 5.86. The number of amides is 2. The normalized spacial score (nSPS) is 14.6. The van der Waals surface area contributed by atoms with Crippen LogP contribution in [0.2, 0.25) is 0 Å². The highest BCUT2D eigenvalue weighted by Gasteiger charge is 2.34. The Morgan fingerprint density at radius 1 is 1.10 bits per heavy atom. The van der Waals surface area contributed by atoms with E-state index in [1.165, 1.54) is 6.39 Å². The van der Waals surface area contributed by atoms with Crippen molar-refractivity contribution in [3.63, 3.8) is 0 Å². The van der Waals surface area contributed by atoms with Crippen LogP contribution in [0.3, 0.4) is 0 Å². The van der Waals surface area contributed by atoms with Crippen molar-refractivity contribution >= 4 is 11.8 Å². The van der Waals surface area contributed by atoms with Crippen molar-refractivity contribution in [2.75, 3.05) is 13.2 Å². The summed E-state index contributed by atoms with van der Waals surface area (Å²) in [6.07, 6.45) is 4.85. The van der Waals surface area contributed by atoms with E-state index < -0.39 is 5.91 Å². The molecule has 1 aromatic heterocycles. The number of hydrogen-bond acceptors (Lipinski definition) is 6. The SMILES string of the molecule is Cc1ccc(C2c3cc(OCCc4cccc(O)c4)c(C(N)=O)cc3CCN2C(=O)CCc2cocn2)c(C)c1. The first-order valence-corrected chi connectivity index (χ1v) is 13.4. The van der Waals surface area contributed by atoms with Crippen LogP contribution in [0.4, 0.5) is 0 Å². The summed E-state index contributed by atoms with van der Waals surface area (Å²) >= 11 is 0. The molecule has 8 heteroatoms. The predicted octanol–water partition coefficient (Wildman–Crippen LogP) is 4.82. The minimum Gasteiger partial charge on any atom is -0.508 e. The summed E-state index contributed by atoms with van der Waals surface area (Å²) in [5, 5.41) is 9.77. The monoisotopic (exact) mass is 539 g/mol. The molecule has 40 heavy (non-hydrogen) atoms. The zero-order valence-electron chi connectivity index (χ0n) is 22.7. The second-order valence-electron chi connectivity index (χ2n) is 10.3. The first kappa shape index (κ1) is 27.0. The number of phenols is 1. The van der Waals surface area contributed by atoms with Crippen LogP contribution >= 0.6 is 0 Å². The zero-order valence-corrected chi connectivity index (χ0v) is 22.7. The highest BCUT2D eigenvalue weighted by molar-refractivity contribution is 5.96. The number of rotatable bonds is 9. The fourth-order valence-corrected chi connectivity index (χ4v) is 5.43. The molecular formula is C32H33N3O5. The standard InChI is InChI=1S/C32H33N3O5/c1-20-6-8-26(21(2)14-20)31-27-17-29(40-13-11-22-4-3-5-25(36)15-22)28(32(33)38)16-23(27)10-12-35(31)30(37)9-7-24-18-39-19-34-24/h3-6,8,14-19,31,36H,7,9-13H2,1-2H3,(H2,33,38).